The number of hydrogen-bond donors (Lipinski definition) is 1. The molecular formula is C15H16FN3O. The van der Waals surface area contributed by atoms with Gasteiger partial charge in [-0.15, -0.1) is 0 Å². The number of aromatic nitrogens is 2. The van der Waals surface area contributed by atoms with Crippen molar-refractivity contribution in [2.24, 2.45) is 0 Å². The second-order valence-corrected chi connectivity index (χ2v) is 4.95. The van der Waals surface area contributed by atoms with Crippen LogP contribution in [0.1, 0.15) is 30.5 Å². The molecule has 1 aromatic carbocycles. The third kappa shape index (κ3) is 2.57. The fraction of sp³-hybridized carbons (Fsp3) is 0.333. The highest BCUT2D eigenvalue weighted by Crippen LogP contribution is 2.29. The fourth-order valence-corrected chi connectivity index (χ4v) is 2.44. The van der Waals surface area contributed by atoms with E-state index >= 15 is 0 Å². The molecule has 1 aromatic heterocycles. The number of nitrogen functional groups attached to an aromatic ring is 1. The molecule has 3 rings (SSSR count). The maximum Gasteiger partial charge on any atom is 0.225 e. The molecular weight excluding hydrogens is 257 g/mol. The van der Waals surface area contributed by atoms with E-state index in [4.69, 9.17) is 10.5 Å². The van der Waals surface area contributed by atoms with Crippen LogP contribution >= 0.6 is 0 Å². The van der Waals surface area contributed by atoms with Crippen molar-refractivity contribution < 1.29 is 9.13 Å². The van der Waals surface area contributed by atoms with E-state index < -0.39 is 5.82 Å². The first kappa shape index (κ1) is 12.8. The van der Waals surface area contributed by atoms with Gasteiger partial charge in [0.15, 0.2) is 0 Å². The SMILES string of the molecule is Nc1ccc(Oc2ncnc3c2CCCCC3)cc1F. The van der Waals surface area contributed by atoms with Crippen LogP contribution < -0.4 is 10.5 Å². The minimum Gasteiger partial charge on any atom is -0.439 e. The lowest BCUT2D eigenvalue weighted by Gasteiger charge is -2.11. The zero-order chi connectivity index (χ0) is 13.9. The summed E-state index contributed by atoms with van der Waals surface area (Å²) in [5.74, 6) is 0.450. The van der Waals surface area contributed by atoms with E-state index in [0.29, 0.717) is 11.6 Å². The van der Waals surface area contributed by atoms with Gasteiger partial charge in [0.25, 0.3) is 0 Å². The topological polar surface area (TPSA) is 61.0 Å². The van der Waals surface area contributed by atoms with Crippen LogP contribution in [0.2, 0.25) is 0 Å². The molecule has 1 heterocycles. The van der Waals surface area contributed by atoms with Gasteiger partial charge in [-0.2, -0.15) is 0 Å². The summed E-state index contributed by atoms with van der Waals surface area (Å²) in [7, 11) is 0. The summed E-state index contributed by atoms with van der Waals surface area (Å²) in [6, 6.07) is 4.41. The Morgan fingerprint density at radius 2 is 1.95 bits per heavy atom. The number of nitrogens with two attached hydrogens (primary N) is 1. The second kappa shape index (κ2) is 5.45. The van der Waals surface area contributed by atoms with E-state index in [1.54, 1.807) is 6.07 Å². The van der Waals surface area contributed by atoms with Crippen LogP contribution in [0.25, 0.3) is 0 Å². The third-order valence-corrected chi connectivity index (χ3v) is 3.52. The normalized spacial score (nSPS) is 14.4. The molecule has 0 aliphatic heterocycles. The number of ether oxygens (including phenoxy) is 1. The third-order valence-electron chi connectivity index (χ3n) is 3.52. The van der Waals surface area contributed by atoms with Gasteiger partial charge in [-0.25, -0.2) is 14.4 Å². The molecule has 0 unspecified atom stereocenters. The molecule has 0 atom stereocenters. The zero-order valence-corrected chi connectivity index (χ0v) is 11.1. The Kier molecular flexibility index (Phi) is 3.50. The van der Waals surface area contributed by atoms with Gasteiger partial charge >= 0.3 is 0 Å². The highest BCUT2D eigenvalue weighted by molar-refractivity contribution is 5.45. The van der Waals surface area contributed by atoms with Crippen LogP contribution in [0.5, 0.6) is 11.6 Å². The quantitative estimate of drug-likeness (QED) is 0.674. The average molecular weight is 273 g/mol. The van der Waals surface area contributed by atoms with Gasteiger partial charge in [0.05, 0.1) is 11.4 Å². The molecule has 0 bridgehead atoms. The number of benzene rings is 1. The lowest BCUT2D eigenvalue weighted by Crippen LogP contribution is -2.01. The van der Waals surface area contributed by atoms with Gasteiger partial charge in [-0.3, -0.25) is 0 Å². The molecule has 0 spiro atoms. The lowest BCUT2D eigenvalue weighted by atomic mass is 10.1. The minimum atomic E-state index is -0.484. The maximum absolute atomic E-state index is 13.4. The van der Waals surface area contributed by atoms with Crippen LogP contribution in [-0.4, -0.2) is 9.97 Å². The summed E-state index contributed by atoms with van der Waals surface area (Å²) >= 11 is 0. The van der Waals surface area contributed by atoms with Gasteiger partial charge in [0, 0.05) is 11.6 Å². The van der Waals surface area contributed by atoms with Crippen LogP contribution in [-0.2, 0) is 12.8 Å². The summed E-state index contributed by atoms with van der Waals surface area (Å²) < 4.78 is 19.2. The smallest absolute Gasteiger partial charge is 0.225 e. The van der Waals surface area contributed by atoms with Crippen LogP contribution in [0.15, 0.2) is 24.5 Å². The van der Waals surface area contributed by atoms with Crippen molar-refractivity contribution in [1.29, 1.82) is 0 Å². The van der Waals surface area contributed by atoms with Crippen LogP contribution in [0, 0.1) is 5.82 Å². The van der Waals surface area contributed by atoms with Gasteiger partial charge in [-0.05, 0) is 37.8 Å². The predicted molar refractivity (Wildman–Crippen MR) is 74.2 cm³/mol. The van der Waals surface area contributed by atoms with E-state index in [1.807, 2.05) is 0 Å². The number of fused-ring (bicyclic) bond motifs is 1. The summed E-state index contributed by atoms with van der Waals surface area (Å²) in [4.78, 5) is 8.52. The lowest BCUT2D eigenvalue weighted by molar-refractivity contribution is 0.449. The molecule has 0 amide bonds. The van der Waals surface area contributed by atoms with Crippen molar-refractivity contribution >= 4 is 5.69 Å². The molecule has 5 heteroatoms. The summed E-state index contributed by atoms with van der Waals surface area (Å²) in [6.07, 6.45) is 6.79. The standard InChI is InChI=1S/C15H16FN3O/c16-12-8-10(6-7-13(12)17)20-15-11-4-2-1-3-5-14(11)18-9-19-15/h6-9H,1-5,17H2. The number of hydrogen-bond acceptors (Lipinski definition) is 4. The fourth-order valence-electron chi connectivity index (χ4n) is 2.44. The molecule has 0 radical (unpaired) electrons. The second-order valence-electron chi connectivity index (χ2n) is 4.95. The van der Waals surface area contributed by atoms with Crippen molar-refractivity contribution in [2.45, 2.75) is 32.1 Å². The Labute approximate surface area is 116 Å². The molecule has 104 valence electrons. The largest absolute Gasteiger partial charge is 0.439 e. The zero-order valence-electron chi connectivity index (χ0n) is 11.1. The summed E-state index contributed by atoms with van der Waals surface area (Å²) in [6.45, 7) is 0. The van der Waals surface area contributed by atoms with Crippen molar-refractivity contribution in [3.05, 3.63) is 41.6 Å². The Bertz CT molecular complexity index is 631. The molecule has 20 heavy (non-hydrogen) atoms. The van der Waals surface area contributed by atoms with Crippen molar-refractivity contribution in [3.63, 3.8) is 0 Å². The first-order chi connectivity index (χ1) is 9.74. The molecule has 2 N–H and O–H groups in total. The number of rotatable bonds is 2. The molecule has 1 aliphatic carbocycles. The van der Waals surface area contributed by atoms with Gasteiger partial charge in [0.2, 0.25) is 5.88 Å². The predicted octanol–water partition coefficient (Wildman–Crippen LogP) is 3.26. The first-order valence-electron chi connectivity index (χ1n) is 6.79. The number of aryl methyl sites for hydroxylation is 1. The van der Waals surface area contributed by atoms with E-state index in [2.05, 4.69) is 9.97 Å². The highest BCUT2D eigenvalue weighted by atomic mass is 19.1. The Morgan fingerprint density at radius 3 is 2.80 bits per heavy atom. The molecule has 0 saturated heterocycles. The van der Waals surface area contributed by atoms with Crippen molar-refractivity contribution in [1.82, 2.24) is 9.97 Å². The Hall–Kier alpha value is -2.17. The van der Waals surface area contributed by atoms with Gasteiger partial charge < -0.3 is 10.5 Å². The highest BCUT2D eigenvalue weighted by Gasteiger charge is 2.16. The maximum atomic E-state index is 13.4. The Balaban J connectivity index is 1.92. The molecule has 1 aliphatic rings. The molecule has 0 saturated carbocycles. The summed E-state index contributed by atoms with van der Waals surface area (Å²) in [5, 5.41) is 0. The van der Waals surface area contributed by atoms with E-state index in [9.17, 15) is 4.39 Å². The number of halogens is 1. The number of nitrogens with zero attached hydrogens (tertiary/aromatic N) is 2. The van der Waals surface area contributed by atoms with Gasteiger partial charge in [0.1, 0.15) is 17.9 Å². The number of anilines is 1. The van der Waals surface area contributed by atoms with Crippen molar-refractivity contribution in [3.8, 4) is 11.6 Å². The van der Waals surface area contributed by atoms with E-state index in [-0.39, 0.29) is 5.69 Å². The molecule has 2 aromatic rings. The van der Waals surface area contributed by atoms with E-state index in [0.717, 1.165) is 36.9 Å². The molecule has 4 nitrogen and oxygen atoms in total. The van der Waals surface area contributed by atoms with Crippen LogP contribution in [0.4, 0.5) is 10.1 Å². The van der Waals surface area contributed by atoms with Crippen molar-refractivity contribution in [2.75, 3.05) is 5.73 Å². The minimum absolute atomic E-state index is 0.110. The first-order valence-corrected chi connectivity index (χ1v) is 6.79. The average Bonchev–Trinajstić information content (AvgIpc) is 2.69. The van der Waals surface area contributed by atoms with E-state index in [1.165, 1.54) is 24.9 Å². The van der Waals surface area contributed by atoms with Gasteiger partial charge in [-0.1, -0.05) is 6.42 Å². The molecule has 0 fully saturated rings. The van der Waals surface area contributed by atoms with Crippen LogP contribution in [0.3, 0.4) is 0 Å². The summed E-state index contributed by atoms with van der Waals surface area (Å²) in [5.41, 5.74) is 7.66. The Morgan fingerprint density at radius 1 is 1.10 bits per heavy atom. The monoisotopic (exact) mass is 273 g/mol.